The van der Waals surface area contributed by atoms with Gasteiger partial charge in [0.05, 0.1) is 5.56 Å². The Labute approximate surface area is 164 Å². The quantitative estimate of drug-likeness (QED) is 0.545. The van der Waals surface area contributed by atoms with Gasteiger partial charge in [0, 0.05) is 41.9 Å². The number of amides is 1. The number of nitrogens with one attached hydrogen (secondary N) is 2. The average molecular weight is 378 g/mol. The van der Waals surface area contributed by atoms with Gasteiger partial charge < -0.3 is 26.7 Å². The lowest BCUT2D eigenvalue weighted by molar-refractivity contribution is 0.100. The highest BCUT2D eigenvalue weighted by Gasteiger charge is 2.22. The van der Waals surface area contributed by atoms with E-state index in [0.29, 0.717) is 17.2 Å². The number of rotatable bonds is 5. The Morgan fingerprint density at radius 3 is 2.79 bits per heavy atom. The predicted octanol–water partition coefficient (Wildman–Crippen LogP) is 3.10. The van der Waals surface area contributed by atoms with Gasteiger partial charge in [-0.3, -0.25) is 4.79 Å². The lowest BCUT2D eigenvalue weighted by Crippen LogP contribution is -2.42. The average Bonchev–Trinajstić information content (AvgIpc) is 3.04. The second-order valence-corrected chi connectivity index (χ2v) is 7.48. The highest BCUT2D eigenvalue weighted by molar-refractivity contribution is 5.99. The molecule has 7 heteroatoms. The summed E-state index contributed by atoms with van der Waals surface area (Å²) in [5, 5.41) is 7.78. The minimum Gasteiger partial charge on any atom is -0.366 e. The zero-order valence-electron chi connectivity index (χ0n) is 16.0. The highest BCUT2D eigenvalue weighted by atomic mass is 16.1. The third-order valence-corrected chi connectivity index (χ3v) is 5.46. The summed E-state index contributed by atoms with van der Waals surface area (Å²) in [7, 11) is 2.01. The Balaban J connectivity index is 1.62. The number of primary amides is 1. The maximum atomic E-state index is 11.9. The van der Waals surface area contributed by atoms with Crippen LogP contribution in [0.15, 0.2) is 42.6 Å². The van der Waals surface area contributed by atoms with E-state index >= 15 is 0 Å². The number of carbonyl (C=O) groups excluding carboxylic acids is 1. The van der Waals surface area contributed by atoms with Gasteiger partial charge in [0.1, 0.15) is 11.6 Å². The number of aromatic nitrogens is 2. The van der Waals surface area contributed by atoms with E-state index in [0.717, 1.165) is 35.9 Å². The van der Waals surface area contributed by atoms with Crippen LogP contribution in [0, 0.1) is 0 Å². The van der Waals surface area contributed by atoms with E-state index in [1.54, 1.807) is 12.1 Å². The molecule has 0 unspecified atom stereocenters. The van der Waals surface area contributed by atoms with Crippen molar-refractivity contribution in [3.63, 3.8) is 0 Å². The van der Waals surface area contributed by atoms with Crippen LogP contribution in [-0.4, -0.2) is 27.5 Å². The van der Waals surface area contributed by atoms with Crippen molar-refractivity contribution >= 4 is 34.1 Å². The second kappa shape index (κ2) is 7.52. The molecule has 2 aromatic heterocycles. The molecule has 1 aromatic carbocycles. The summed E-state index contributed by atoms with van der Waals surface area (Å²) < 4.78 is 2.06. The first-order chi connectivity index (χ1) is 13.5. The van der Waals surface area contributed by atoms with E-state index in [9.17, 15) is 4.79 Å². The van der Waals surface area contributed by atoms with Gasteiger partial charge in [0.15, 0.2) is 0 Å². The molecule has 7 nitrogen and oxygen atoms in total. The lowest BCUT2D eigenvalue weighted by atomic mass is 9.91. The molecule has 4 rings (SSSR count). The van der Waals surface area contributed by atoms with Crippen molar-refractivity contribution in [3.8, 4) is 0 Å². The number of fused-ring (bicyclic) bond motifs is 1. The molecule has 1 aliphatic rings. The second-order valence-electron chi connectivity index (χ2n) is 7.48. The summed E-state index contributed by atoms with van der Waals surface area (Å²) in [6.07, 6.45) is 6.38. The summed E-state index contributed by atoms with van der Waals surface area (Å²) in [6.45, 7) is 0. The molecule has 1 saturated carbocycles. The molecule has 0 bridgehead atoms. The van der Waals surface area contributed by atoms with Crippen molar-refractivity contribution in [2.75, 3.05) is 10.6 Å². The molecule has 3 aromatic rings. The molecular weight excluding hydrogens is 352 g/mol. The van der Waals surface area contributed by atoms with Gasteiger partial charge >= 0.3 is 0 Å². The molecular formula is C21H26N6O. The fourth-order valence-electron chi connectivity index (χ4n) is 3.86. The molecule has 1 aliphatic carbocycles. The van der Waals surface area contributed by atoms with Crippen LogP contribution in [0.2, 0.25) is 0 Å². The molecule has 28 heavy (non-hydrogen) atoms. The molecule has 1 amide bonds. The predicted molar refractivity (Wildman–Crippen MR) is 113 cm³/mol. The Kier molecular flexibility index (Phi) is 4.92. The number of hydrogen-bond donors (Lipinski definition) is 4. The van der Waals surface area contributed by atoms with Gasteiger partial charge in [-0.1, -0.05) is 12.8 Å². The number of pyridine rings is 1. The van der Waals surface area contributed by atoms with Crippen LogP contribution in [0.4, 0.5) is 17.3 Å². The number of aryl methyl sites for hydroxylation is 1. The number of nitrogens with zero attached hydrogens (tertiary/aromatic N) is 2. The molecule has 0 spiro atoms. The van der Waals surface area contributed by atoms with Gasteiger partial charge in [0.25, 0.3) is 5.91 Å². The first-order valence-corrected chi connectivity index (χ1v) is 9.66. The number of benzene rings is 1. The van der Waals surface area contributed by atoms with Gasteiger partial charge in [-0.25, -0.2) is 4.98 Å². The van der Waals surface area contributed by atoms with Crippen molar-refractivity contribution in [1.29, 1.82) is 0 Å². The topological polar surface area (TPSA) is 111 Å². The zero-order chi connectivity index (χ0) is 19.7. The van der Waals surface area contributed by atoms with Crippen LogP contribution < -0.4 is 22.1 Å². The Hall–Kier alpha value is -3.06. The first kappa shape index (κ1) is 18.3. The van der Waals surface area contributed by atoms with Crippen LogP contribution >= 0.6 is 0 Å². The molecule has 2 atom stereocenters. The fraction of sp³-hybridized carbons (Fsp3) is 0.333. The standard InChI is InChI=1S/C21H26N6O/c1-27-11-10-13-12-14(6-8-18(13)27)24-21-15(20(23)28)7-9-19(26-21)25-17-5-3-2-4-16(17)22/h6-12,16-17H,2-5,22H2,1H3,(H2,23,28)(H2,24,25,26)/t16-,17+/m0/s1. The number of hydrogen-bond acceptors (Lipinski definition) is 5. The van der Waals surface area contributed by atoms with Crippen LogP contribution in [0.3, 0.4) is 0 Å². The van der Waals surface area contributed by atoms with E-state index < -0.39 is 5.91 Å². The largest absolute Gasteiger partial charge is 0.366 e. The Bertz CT molecular complexity index is 1010. The molecule has 2 heterocycles. The van der Waals surface area contributed by atoms with E-state index in [1.807, 2.05) is 37.5 Å². The van der Waals surface area contributed by atoms with Crippen molar-refractivity contribution in [1.82, 2.24) is 9.55 Å². The number of anilines is 3. The summed E-state index contributed by atoms with van der Waals surface area (Å²) >= 11 is 0. The normalized spacial score (nSPS) is 19.5. The number of nitrogens with two attached hydrogens (primary N) is 2. The third-order valence-electron chi connectivity index (χ3n) is 5.46. The van der Waals surface area contributed by atoms with Gasteiger partial charge in [-0.15, -0.1) is 0 Å². The molecule has 6 N–H and O–H groups in total. The summed E-state index contributed by atoms with van der Waals surface area (Å²) in [5.41, 5.74) is 14.1. The van der Waals surface area contributed by atoms with Crippen LogP contribution in [0.5, 0.6) is 0 Å². The first-order valence-electron chi connectivity index (χ1n) is 9.66. The molecule has 146 valence electrons. The van der Waals surface area contributed by atoms with Crippen LogP contribution in [0.1, 0.15) is 36.0 Å². The maximum Gasteiger partial charge on any atom is 0.252 e. The minimum atomic E-state index is -0.517. The Morgan fingerprint density at radius 1 is 1.18 bits per heavy atom. The summed E-state index contributed by atoms with van der Waals surface area (Å²) in [4.78, 5) is 16.5. The van der Waals surface area contributed by atoms with Gasteiger partial charge in [-0.2, -0.15) is 0 Å². The van der Waals surface area contributed by atoms with Gasteiger partial charge in [0.2, 0.25) is 0 Å². The fourth-order valence-corrected chi connectivity index (χ4v) is 3.86. The van der Waals surface area contributed by atoms with E-state index in [-0.39, 0.29) is 12.1 Å². The van der Waals surface area contributed by atoms with Gasteiger partial charge in [-0.05, 0) is 49.2 Å². The van der Waals surface area contributed by atoms with E-state index in [2.05, 4.69) is 20.2 Å². The lowest BCUT2D eigenvalue weighted by Gasteiger charge is -2.29. The highest BCUT2D eigenvalue weighted by Crippen LogP contribution is 2.26. The van der Waals surface area contributed by atoms with Crippen molar-refractivity contribution in [2.24, 2.45) is 18.5 Å². The Morgan fingerprint density at radius 2 is 2.00 bits per heavy atom. The minimum absolute atomic E-state index is 0.114. The SMILES string of the molecule is Cn1ccc2cc(Nc3nc(N[C@@H]4CCCC[C@@H]4N)ccc3C(N)=O)ccc21. The van der Waals surface area contributed by atoms with Crippen LogP contribution in [0.25, 0.3) is 10.9 Å². The number of carbonyl (C=O) groups is 1. The molecule has 0 aliphatic heterocycles. The van der Waals surface area contributed by atoms with Crippen LogP contribution in [-0.2, 0) is 7.05 Å². The zero-order valence-corrected chi connectivity index (χ0v) is 16.0. The summed E-state index contributed by atoms with van der Waals surface area (Å²) in [6, 6.07) is 11.9. The third kappa shape index (κ3) is 3.66. The van der Waals surface area contributed by atoms with E-state index in [4.69, 9.17) is 11.5 Å². The van der Waals surface area contributed by atoms with Crippen molar-refractivity contribution in [2.45, 2.75) is 37.8 Å². The monoisotopic (exact) mass is 378 g/mol. The molecule has 0 radical (unpaired) electrons. The maximum absolute atomic E-state index is 11.9. The summed E-state index contributed by atoms with van der Waals surface area (Å²) in [5.74, 6) is 0.615. The van der Waals surface area contributed by atoms with Crippen molar-refractivity contribution < 1.29 is 4.79 Å². The molecule has 0 saturated heterocycles. The molecule has 1 fully saturated rings. The van der Waals surface area contributed by atoms with Crippen molar-refractivity contribution in [3.05, 3.63) is 48.2 Å². The van der Waals surface area contributed by atoms with E-state index in [1.165, 1.54) is 6.42 Å². The smallest absolute Gasteiger partial charge is 0.252 e.